The van der Waals surface area contributed by atoms with E-state index >= 15 is 0 Å². The van der Waals surface area contributed by atoms with Gasteiger partial charge in [0.15, 0.2) is 0 Å². The van der Waals surface area contributed by atoms with Crippen molar-refractivity contribution < 1.29 is 25.9 Å². The zero-order valence-electron chi connectivity index (χ0n) is 35.5. The van der Waals surface area contributed by atoms with Crippen molar-refractivity contribution in [3.05, 3.63) is 156 Å². The number of nitrogens with zero attached hydrogens (tertiary/aromatic N) is 2. The van der Waals surface area contributed by atoms with Crippen LogP contribution in [0.2, 0.25) is 0 Å². The van der Waals surface area contributed by atoms with Gasteiger partial charge in [-0.2, -0.15) is 0 Å². The predicted molar refractivity (Wildman–Crippen MR) is 327 cm³/mol. The molecule has 1 atom stereocenters. The van der Waals surface area contributed by atoms with Gasteiger partial charge in [-0.15, -0.1) is 48.8 Å². The van der Waals surface area contributed by atoms with E-state index < -0.39 is 17.7 Å². The van der Waals surface area contributed by atoms with Crippen molar-refractivity contribution in [2.45, 2.75) is 61.4 Å². The fraction of sp³-hybridized carbons (Fsp3) is 0.304. The molecule has 0 amide bonds. The number of unbranched alkanes of at least 4 members (excludes halogenated alkanes) is 2. The second kappa shape index (κ2) is 35.4. The third-order valence-corrected chi connectivity index (χ3v) is 14.4. The summed E-state index contributed by atoms with van der Waals surface area (Å²) in [4.78, 5) is 5.95. The summed E-state index contributed by atoms with van der Waals surface area (Å²) in [7, 11) is -1.01. The average molecular weight is 1680 g/mol. The van der Waals surface area contributed by atoms with Crippen molar-refractivity contribution in [2.24, 2.45) is 5.73 Å². The van der Waals surface area contributed by atoms with Gasteiger partial charge in [0.25, 0.3) is 9.05 Å². The topological polar surface area (TPSA) is 95.7 Å². The fourth-order valence-electron chi connectivity index (χ4n) is 7.55. The summed E-state index contributed by atoms with van der Waals surface area (Å²) in [5.41, 5.74) is 11.5. The first-order valence-electron chi connectivity index (χ1n) is 20.2. The molecule has 2 aliphatic rings. The van der Waals surface area contributed by atoms with E-state index in [1.165, 1.54) is 54.3 Å². The third-order valence-electron chi connectivity index (χ3n) is 10.6. The Bertz CT molecular complexity index is 2510. The van der Waals surface area contributed by atoms with E-state index in [1.807, 2.05) is 60.7 Å². The number of rotatable bonds is 12. The summed E-state index contributed by atoms with van der Waals surface area (Å²) < 4.78 is 38.7. The second-order valence-electron chi connectivity index (χ2n) is 14.6. The molecule has 2 heterocycles. The molecule has 19 heteroatoms. The monoisotopic (exact) mass is 1670 g/mol. The smallest absolute Gasteiger partial charge is 0.261 e. The Morgan fingerprint density at radius 2 is 0.985 bits per heavy atom. The van der Waals surface area contributed by atoms with Crippen LogP contribution in [-0.2, 0) is 54.8 Å². The number of hydrogen-bond acceptors (Lipinski definition) is 7. The SMILES string of the molecule is Cl.Cl.I.II.I[I-]I.NCCCCN1CCc2ccccc2C1.O=S(=O)(Cl)c1cccc2ccccc12.O=S(=S)(NCCCCN1CCc2ccccc2C1)c1cccc2ccccc12. The van der Waals surface area contributed by atoms with Gasteiger partial charge in [0.1, 0.15) is 8.68 Å². The van der Waals surface area contributed by atoms with E-state index in [0.29, 0.717) is 25.2 Å². The number of halogens is 9. The van der Waals surface area contributed by atoms with Crippen LogP contribution in [0.25, 0.3) is 21.5 Å². The standard InChI is InChI=1S/C23H26N2OS2.C13H20N2.C10H7ClO2S.2ClH.I3.I2.HI/c26-28(27,23-13-7-11-20-9-3-4-12-22(20)23)24-15-5-6-16-25-17-14-19-8-1-2-10-21(19)18-25;14-8-3-4-9-15-10-7-12-5-1-2-6-13(12)11-15;11-14(12,13)10-7-3-5-8-4-1-2-6-9(8)10;;;1-3-2;1-2;/h1-4,7-13,24H,5-6,14-18H2;1-2,5-6H,3-4,7-11,14H2;1-7H;2*1H;;;1H/q;;;;;-1;;. The molecule has 0 saturated heterocycles. The summed E-state index contributed by atoms with van der Waals surface area (Å²) in [6.45, 7) is 8.27. The van der Waals surface area contributed by atoms with Crippen LogP contribution in [0.5, 0.6) is 0 Å². The van der Waals surface area contributed by atoms with Crippen molar-refractivity contribution in [1.82, 2.24) is 14.5 Å². The molecule has 0 aliphatic carbocycles. The number of benzene rings is 6. The van der Waals surface area contributed by atoms with Gasteiger partial charge in [-0.1, -0.05) is 121 Å². The summed E-state index contributed by atoms with van der Waals surface area (Å²) in [5.74, 6) is 0. The zero-order chi connectivity index (χ0) is 44.8. The van der Waals surface area contributed by atoms with Crippen molar-refractivity contribution in [3.8, 4) is 0 Å². The van der Waals surface area contributed by atoms with E-state index in [0.717, 1.165) is 79.5 Å². The maximum absolute atomic E-state index is 13.1. The minimum atomic E-state index is -3.66. The van der Waals surface area contributed by atoms with Crippen LogP contribution in [-0.4, -0.2) is 61.7 Å². The van der Waals surface area contributed by atoms with Gasteiger partial charge < -0.3 is 5.73 Å². The summed E-state index contributed by atoms with van der Waals surface area (Å²) >= 11 is 15.0. The van der Waals surface area contributed by atoms with Crippen LogP contribution in [0.1, 0.15) is 47.9 Å². The van der Waals surface area contributed by atoms with Crippen LogP contribution >= 0.6 is 134 Å². The normalized spacial score (nSPS) is 13.9. The molecule has 2 aliphatic heterocycles. The molecule has 8 rings (SSSR count). The van der Waals surface area contributed by atoms with Crippen molar-refractivity contribution in [2.75, 3.05) is 39.3 Å². The van der Waals surface area contributed by atoms with E-state index in [1.54, 1.807) is 18.2 Å². The van der Waals surface area contributed by atoms with Crippen molar-refractivity contribution in [3.63, 3.8) is 0 Å². The summed E-state index contributed by atoms with van der Waals surface area (Å²) in [5, 5.41) is 3.58. The van der Waals surface area contributed by atoms with Gasteiger partial charge in [-0.05, 0) is 109 Å². The number of fused-ring (bicyclic) bond motifs is 4. The molecular weight excluding hydrogens is 1620 g/mol. The molecule has 0 fully saturated rings. The molecule has 0 radical (unpaired) electrons. The van der Waals surface area contributed by atoms with E-state index in [-0.39, 0.29) is 53.7 Å². The summed E-state index contributed by atoms with van der Waals surface area (Å²) in [6.07, 6.45) is 6.77. The first-order valence-corrected chi connectivity index (χ1v) is 43.9. The Morgan fingerprint density at radius 1 is 0.600 bits per heavy atom. The van der Waals surface area contributed by atoms with Gasteiger partial charge in [0.2, 0.25) is 0 Å². The van der Waals surface area contributed by atoms with Gasteiger partial charge in [-0.3, -0.25) is 9.80 Å². The molecule has 7 nitrogen and oxygen atoms in total. The molecule has 1 unspecified atom stereocenters. The quantitative estimate of drug-likeness (QED) is 0.0716. The predicted octanol–water partition coefficient (Wildman–Crippen LogP) is 10.8. The molecule has 6 aromatic rings. The Hall–Kier alpha value is 1.25. The minimum absolute atomic E-state index is 0. The van der Waals surface area contributed by atoms with Crippen LogP contribution in [0.15, 0.2) is 143 Å². The fourth-order valence-corrected chi connectivity index (χ4v) is 10.6. The van der Waals surface area contributed by atoms with E-state index in [4.69, 9.17) is 27.6 Å². The molecule has 0 spiro atoms. The molecule has 0 aromatic heterocycles. The molecule has 0 bridgehead atoms. The zero-order valence-corrected chi connectivity index (χ0v) is 53.5. The van der Waals surface area contributed by atoms with Crippen LogP contribution in [0.4, 0.5) is 0 Å². The first kappa shape index (κ1) is 64.3. The minimum Gasteiger partial charge on any atom is -0.330 e. The Morgan fingerprint density at radius 3 is 1.45 bits per heavy atom. The van der Waals surface area contributed by atoms with Crippen LogP contribution in [0.3, 0.4) is 0 Å². The molecule has 3 N–H and O–H groups in total. The molecule has 6 aromatic carbocycles. The number of hydrogen-bond donors (Lipinski definition) is 2. The molecule has 65 heavy (non-hydrogen) atoms. The molecule has 0 saturated carbocycles. The van der Waals surface area contributed by atoms with Gasteiger partial charge in [0.05, 0.1) is 9.79 Å². The van der Waals surface area contributed by atoms with Gasteiger partial charge in [-0.25, -0.2) is 17.3 Å². The number of nitrogens with two attached hydrogens (primary N) is 1. The Labute approximate surface area is 479 Å². The maximum atomic E-state index is 13.1. The Kier molecular flexibility index (Phi) is 35.0. The molecule has 360 valence electrons. The van der Waals surface area contributed by atoms with E-state index in [9.17, 15) is 12.6 Å². The number of nitrogens with one attached hydrogen (secondary N) is 1. The van der Waals surface area contributed by atoms with Gasteiger partial charge in [0, 0.05) is 97.2 Å². The van der Waals surface area contributed by atoms with E-state index in [2.05, 4.69) is 138 Å². The van der Waals surface area contributed by atoms with Gasteiger partial charge >= 0.3 is 50.5 Å². The van der Waals surface area contributed by atoms with Crippen molar-refractivity contribution >= 4 is 184 Å². The third kappa shape index (κ3) is 21.9. The summed E-state index contributed by atoms with van der Waals surface area (Å²) in [6, 6.07) is 43.6. The second-order valence-corrected chi connectivity index (χ2v) is 36.6. The first-order chi connectivity index (χ1) is 30.0. The average Bonchev–Trinajstić information content (AvgIpc) is 3.29. The van der Waals surface area contributed by atoms with Crippen LogP contribution in [0, 0.1) is 0 Å². The Balaban J connectivity index is 0.000000488. The van der Waals surface area contributed by atoms with Crippen LogP contribution < -0.4 is 23.7 Å². The van der Waals surface area contributed by atoms with Crippen molar-refractivity contribution in [1.29, 1.82) is 0 Å². The molecular formula is C46H56Cl3I6N4O3S3-. The maximum Gasteiger partial charge on any atom is 0.261 e. The largest absolute Gasteiger partial charge is 0.330 e.